The first kappa shape index (κ1) is 8.29. The molecule has 5 nitrogen and oxygen atoms in total. The van der Waals surface area contributed by atoms with Crippen molar-refractivity contribution in [3.8, 4) is 0 Å². The summed E-state index contributed by atoms with van der Waals surface area (Å²) in [5.74, 6) is 0. The largest absolute Gasteiger partial charge is 0.354 e. The van der Waals surface area contributed by atoms with Gasteiger partial charge in [-0.3, -0.25) is 0 Å². The van der Waals surface area contributed by atoms with E-state index in [4.69, 9.17) is 9.47 Å². The van der Waals surface area contributed by atoms with Crippen LogP contribution >= 0.6 is 0 Å². The van der Waals surface area contributed by atoms with Crippen molar-refractivity contribution in [1.29, 1.82) is 0 Å². The molecule has 0 radical (unpaired) electrons. The highest BCUT2D eigenvalue weighted by Crippen LogP contribution is 2.01. The molecule has 11 heavy (non-hydrogen) atoms. The molecule has 0 aromatic rings. The summed E-state index contributed by atoms with van der Waals surface area (Å²) in [5, 5.41) is 5.26. The molecule has 1 aliphatic rings. The van der Waals surface area contributed by atoms with E-state index in [0.717, 1.165) is 0 Å². The third-order valence-corrected chi connectivity index (χ3v) is 1.59. The van der Waals surface area contributed by atoms with Gasteiger partial charge >= 0.3 is 6.03 Å². The fraction of sp³-hybridized carbons (Fsp3) is 0.833. The third kappa shape index (κ3) is 1.81. The Morgan fingerprint density at radius 3 is 2.55 bits per heavy atom. The van der Waals surface area contributed by atoms with Gasteiger partial charge in [0, 0.05) is 20.8 Å². The topological polar surface area (TPSA) is 59.6 Å². The maximum atomic E-state index is 10.7. The summed E-state index contributed by atoms with van der Waals surface area (Å²) in [7, 11) is 3.08. The van der Waals surface area contributed by atoms with E-state index in [2.05, 4.69) is 10.6 Å². The van der Waals surface area contributed by atoms with Gasteiger partial charge in [0.05, 0.1) is 6.04 Å². The number of nitrogens with one attached hydrogen (secondary N) is 2. The lowest BCUT2D eigenvalue weighted by Crippen LogP contribution is -2.40. The minimum Gasteiger partial charge on any atom is -0.354 e. The molecule has 1 fully saturated rings. The first-order valence-corrected chi connectivity index (χ1v) is 3.38. The fourth-order valence-corrected chi connectivity index (χ4v) is 1.06. The van der Waals surface area contributed by atoms with Gasteiger partial charge in [-0.2, -0.15) is 0 Å². The predicted octanol–water partition coefficient (Wildman–Crippen LogP) is -0.713. The van der Waals surface area contributed by atoms with Crippen molar-refractivity contribution in [1.82, 2.24) is 10.6 Å². The van der Waals surface area contributed by atoms with Crippen LogP contribution in [0, 0.1) is 0 Å². The molecule has 0 aromatic heterocycles. The minimum atomic E-state index is -0.367. The summed E-state index contributed by atoms with van der Waals surface area (Å²) in [6, 6.07) is -0.258. The summed E-state index contributed by atoms with van der Waals surface area (Å²) in [5.41, 5.74) is 0. The first-order chi connectivity index (χ1) is 5.27. The number of rotatable bonds is 3. The Hall–Kier alpha value is -0.810. The van der Waals surface area contributed by atoms with Gasteiger partial charge in [-0.25, -0.2) is 4.79 Å². The van der Waals surface area contributed by atoms with E-state index in [1.54, 1.807) is 14.2 Å². The van der Waals surface area contributed by atoms with Crippen LogP contribution in [0.15, 0.2) is 0 Å². The van der Waals surface area contributed by atoms with Crippen molar-refractivity contribution in [2.75, 3.05) is 20.8 Å². The summed E-state index contributed by atoms with van der Waals surface area (Å²) < 4.78 is 9.91. The second-order valence-electron chi connectivity index (χ2n) is 2.30. The molecule has 1 heterocycles. The second kappa shape index (κ2) is 3.54. The van der Waals surface area contributed by atoms with Crippen LogP contribution < -0.4 is 10.6 Å². The standard InChI is InChI=1S/C6H12N2O3/c1-10-5(11-2)4-3-7-6(9)8-4/h4-5H,3H2,1-2H3,(H2,7,8,9). The van der Waals surface area contributed by atoms with Crippen molar-refractivity contribution in [2.24, 2.45) is 0 Å². The number of amides is 2. The molecule has 1 aliphatic heterocycles. The highest BCUT2D eigenvalue weighted by molar-refractivity contribution is 5.76. The van der Waals surface area contributed by atoms with E-state index in [1.807, 2.05) is 0 Å². The van der Waals surface area contributed by atoms with Crippen molar-refractivity contribution in [3.63, 3.8) is 0 Å². The molecular weight excluding hydrogens is 148 g/mol. The van der Waals surface area contributed by atoms with Gasteiger partial charge in [-0.15, -0.1) is 0 Å². The van der Waals surface area contributed by atoms with Crippen LogP contribution in [0.1, 0.15) is 0 Å². The van der Waals surface area contributed by atoms with E-state index in [1.165, 1.54) is 0 Å². The molecule has 0 bridgehead atoms. The predicted molar refractivity (Wildman–Crippen MR) is 38.1 cm³/mol. The van der Waals surface area contributed by atoms with Crippen molar-refractivity contribution in [3.05, 3.63) is 0 Å². The lowest BCUT2D eigenvalue weighted by molar-refractivity contribution is -0.116. The molecule has 5 heteroatoms. The van der Waals surface area contributed by atoms with Crippen LogP contribution in [-0.2, 0) is 9.47 Å². The van der Waals surface area contributed by atoms with Crippen LogP contribution in [-0.4, -0.2) is 39.1 Å². The van der Waals surface area contributed by atoms with Gasteiger partial charge < -0.3 is 20.1 Å². The first-order valence-electron chi connectivity index (χ1n) is 3.38. The van der Waals surface area contributed by atoms with E-state index >= 15 is 0 Å². The lowest BCUT2D eigenvalue weighted by Gasteiger charge is -2.18. The lowest BCUT2D eigenvalue weighted by atomic mass is 10.3. The molecular formula is C6H12N2O3. The third-order valence-electron chi connectivity index (χ3n) is 1.59. The second-order valence-corrected chi connectivity index (χ2v) is 2.30. The van der Waals surface area contributed by atoms with Crippen LogP contribution in [0.5, 0.6) is 0 Å². The molecule has 64 valence electrons. The molecule has 1 unspecified atom stereocenters. The van der Waals surface area contributed by atoms with Crippen molar-refractivity contribution >= 4 is 6.03 Å². The summed E-state index contributed by atoms with van der Waals surface area (Å²) in [6.07, 6.45) is -0.367. The SMILES string of the molecule is COC(OC)C1CNC(=O)N1. The van der Waals surface area contributed by atoms with Gasteiger partial charge in [-0.1, -0.05) is 0 Å². The Morgan fingerprint density at radius 1 is 1.55 bits per heavy atom. The molecule has 0 spiro atoms. The number of ether oxygens (including phenoxy) is 2. The van der Waals surface area contributed by atoms with Gasteiger partial charge in [0.2, 0.25) is 0 Å². The molecule has 0 aromatic carbocycles. The quantitative estimate of drug-likeness (QED) is 0.536. The van der Waals surface area contributed by atoms with Crippen LogP contribution in [0.25, 0.3) is 0 Å². The number of carbonyl (C=O) groups is 1. The van der Waals surface area contributed by atoms with Crippen LogP contribution in [0.2, 0.25) is 0 Å². The number of methoxy groups -OCH3 is 2. The maximum Gasteiger partial charge on any atom is 0.315 e. The smallest absolute Gasteiger partial charge is 0.315 e. The summed E-state index contributed by atoms with van der Waals surface area (Å²) in [4.78, 5) is 10.7. The monoisotopic (exact) mass is 160 g/mol. The number of hydrogen-bond acceptors (Lipinski definition) is 3. The zero-order valence-electron chi connectivity index (χ0n) is 6.59. The van der Waals surface area contributed by atoms with Crippen molar-refractivity contribution in [2.45, 2.75) is 12.3 Å². The average molecular weight is 160 g/mol. The molecule has 0 saturated carbocycles. The zero-order chi connectivity index (χ0) is 8.27. The highest BCUT2D eigenvalue weighted by Gasteiger charge is 2.27. The Balaban J connectivity index is 2.40. The number of hydrogen-bond donors (Lipinski definition) is 2. The molecule has 1 atom stereocenters. The Bertz CT molecular complexity index is 147. The molecule has 1 saturated heterocycles. The molecule has 2 N–H and O–H groups in total. The van der Waals surface area contributed by atoms with Gasteiger partial charge in [0.1, 0.15) is 0 Å². The van der Waals surface area contributed by atoms with Crippen LogP contribution in [0.4, 0.5) is 4.79 Å². The number of carbonyl (C=O) groups excluding carboxylic acids is 1. The van der Waals surface area contributed by atoms with Gasteiger partial charge in [0.25, 0.3) is 0 Å². The number of urea groups is 1. The normalized spacial score (nSPS) is 23.5. The molecule has 0 aliphatic carbocycles. The average Bonchev–Trinajstić information content (AvgIpc) is 2.39. The van der Waals surface area contributed by atoms with Crippen molar-refractivity contribution < 1.29 is 14.3 Å². The van der Waals surface area contributed by atoms with E-state index < -0.39 is 0 Å². The minimum absolute atomic E-state index is 0.0856. The Labute approximate surface area is 65.0 Å². The van der Waals surface area contributed by atoms with Crippen LogP contribution in [0.3, 0.4) is 0 Å². The van der Waals surface area contributed by atoms with E-state index in [-0.39, 0.29) is 18.4 Å². The summed E-state index contributed by atoms with van der Waals surface area (Å²) >= 11 is 0. The Kier molecular flexibility index (Phi) is 2.67. The van der Waals surface area contributed by atoms with Gasteiger partial charge in [-0.05, 0) is 0 Å². The Morgan fingerprint density at radius 2 is 2.18 bits per heavy atom. The maximum absolute atomic E-state index is 10.7. The molecule has 2 amide bonds. The zero-order valence-corrected chi connectivity index (χ0v) is 6.59. The summed E-state index contributed by atoms with van der Waals surface area (Å²) in [6.45, 7) is 0.547. The highest BCUT2D eigenvalue weighted by atomic mass is 16.7. The van der Waals surface area contributed by atoms with Gasteiger partial charge in [0.15, 0.2) is 6.29 Å². The van der Waals surface area contributed by atoms with E-state index in [9.17, 15) is 4.79 Å². The van der Waals surface area contributed by atoms with E-state index in [0.29, 0.717) is 6.54 Å². The molecule has 1 rings (SSSR count). The fourth-order valence-electron chi connectivity index (χ4n) is 1.06.